The van der Waals surface area contributed by atoms with E-state index in [0.717, 1.165) is 11.1 Å². The highest BCUT2D eigenvalue weighted by molar-refractivity contribution is 5.72. The molecule has 2 heterocycles. The van der Waals surface area contributed by atoms with Crippen molar-refractivity contribution in [2.75, 3.05) is 5.73 Å². The largest absolute Gasteiger partial charge is 0.440 e. The number of anilines is 1. The van der Waals surface area contributed by atoms with Crippen molar-refractivity contribution in [1.29, 1.82) is 0 Å². The van der Waals surface area contributed by atoms with Gasteiger partial charge in [-0.25, -0.2) is 4.98 Å². The first-order chi connectivity index (χ1) is 7.81. The molecule has 0 aliphatic heterocycles. The molecule has 3 aromatic rings. The number of nitrogen functional groups attached to an aromatic ring is 1. The molecule has 0 bridgehead atoms. The average Bonchev–Trinajstić information content (AvgIpc) is 2.84. The Balaban J connectivity index is 1.95. The van der Waals surface area contributed by atoms with Crippen LogP contribution in [0.15, 0.2) is 33.1 Å². The maximum absolute atomic E-state index is 5.50. The summed E-state index contributed by atoms with van der Waals surface area (Å²) in [6.45, 7) is 0. The highest BCUT2D eigenvalue weighted by Gasteiger charge is 2.10. The average molecular weight is 216 g/mol. The van der Waals surface area contributed by atoms with Crippen LogP contribution >= 0.6 is 0 Å². The lowest BCUT2D eigenvalue weighted by atomic mass is 10.3. The van der Waals surface area contributed by atoms with Gasteiger partial charge in [0, 0.05) is 0 Å². The number of aromatic nitrogens is 3. The Kier molecular flexibility index (Phi) is 1.86. The van der Waals surface area contributed by atoms with Crippen LogP contribution in [-0.4, -0.2) is 15.2 Å². The smallest absolute Gasteiger partial charge is 0.312 e. The predicted octanol–water partition coefficient (Wildman–Crippen LogP) is 1.38. The quantitative estimate of drug-likeness (QED) is 0.695. The standard InChI is InChI=1S/C10H8N4O2/c11-10-14-13-9(16-10)5-8-12-6-3-1-2-4-7(6)15-8/h1-4H,5H2,(H2,11,14). The summed E-state index contributed by atoms with van der Waals surface area (Å²) < 4.78 is 10.5. The van der Waals surface area contributed by atoms with Gasteiger partial charge in [0.25, 0.3) is 0 Å². The third-order valence-corrected chi connectivity index (χ3v) is 2.12. The Labute approximate surface area is 90.1 Å². The molecule has 0 radical (unpaired) electrons. The minimum Gasteiger partial charge on any atom is -0.440 e. The number of oxazole rings is 1. The number of benzene rings is 1. The van der Waals surface area contributed by atoms with Crippen molar-refractivity contribution in [1.82, 2.24) is 15.2 Å². The molecule has 3 rings (SSSR count). The van der Waals surface area contributed by atoms with Crippen LogP contribution in [-0.2, 0) is 6.42 Å². The van der Waals surface area contributed by atoms with E-state index in [0.29, 0.717) is 18.2 Å². The summed E-state index contributed by atoms with van der Waals surface area (Å²) in [6, 6.07) is 7.57. The molecule has 0 unspecified atom stereocenters. The van der Waals surface area contributed by atoms with E-state index in [4.69, 9.17) is 14.6 Å². The maximum atomic E-state index is 5.50. The summed E-state index contributed by atoms with van der Waals surface area (Å²) in [4.78, 5) is 4.28. The van der Waals surface area contributed by atoms with E-state index < -0.39 is 0 Å². The number of rotatable bonds is 2. The third kappa shape index (κ3) is 1.50. The molecule has 0 saturated heterocycles. The van der Waals surface area contributed by atoms with Crippen LogP contribution in [0.4, 0.5) is 6.01 Å². The van der Waals surface area contributed by atoms with Crippen LogP contribution in [0.25, 0.3) is 11.1 Å². The SMILES string of the molecule is Nc1nnc(Cc2nc3ccccc3o2)o1. The lowest BCUT2D eigenvalue weighted by molar-refractivity contribution is 0.479. The molecule has 0 amide bonds. The second kappa shape index (κ2) is 3.34. The first-order valence-electron chi connectivity index (χ1n) is 4.73. The lowest BCUT2D eigenvalue weighted by Crippen LogP contribution is -1.87. The summed E-state index contributed by atoms with van der Waals surface area (Å²) in [5, 5.41) is 7.30. The fraction of sp³-hybridized carbons (Fsp3) is 0.100. The zero-order valence-electron chi connectivity index (χ0n) is 8.25. The molecule has 6 nitrogen and oxygen atoms in total. The zero-order valence-corrected chi connectivity index (χ0v) is 8.25. The molecule has 2 aromatic heterocycles. The van der Waals surface area contributed by atoms with E-state index >= 15 is 0 Å². The number of para-hydroxylation sites is 2. The van der Waals surface area contributed by atoms with Gasteiger partial charge in [0.05, 0.1) is 0 Å². The molecular weight excluding hydrogens is 208 g/mol. The summed E-state index contributed by atoms with van der Waals surface area (Å²) in [6.07, 6.45) is 0.346. The van der Waals surface area contributed by atoms with Crippen LogP contribution in [0.3, 0.4) is 0 Å². The van der Waals surface area contributed by atoms with Crippen LogP contribution in [0, 0.1) is 0 Å². The van der Waals surface area contributed by atoms with Gasteiger partial charge in [0.1, 0.15) is 11.9 Å². The van der Waals surface area contributed by atoms with Crippen LogP contribution < -0.4 is 5.73 Å². The van der Waals surface area contributed by atoms with Crippen molar-refractivity contribution in [2.45, 2.75) is 6.42 Å². The molecule has 0 fully saturated rings. The molecule has 0 aliphatic carbocycles. The Bertz CT molecular complexity index is 595. The summed E-state index contributed by atoms with van der Waals surface area (Å²) in [7, 11) is 0. The van der Waals surface area contributed by atoms with E-state index in [1.807, 2.05) is 24.3 Å². The number of hydrogen-bond acceptors (Lipinski definition) is 6. The molecule has 2 N–H and O–H groups in total. The molecular formula is C10H8N4O2. The van der Waals surface area contributed by atoms with Crippen LogP contribution in [0.1, 0.15) is 11.8 Å². The Morgan fingerprint density at radius 2 is 1.94 bits per heavy atom. The second-order valence-corrected chi connectivity index (χ2v) is 3.29. The summed E-state index contributed by atoms with van der Waals surface area (Å²) in [5.74, 6) is 0.925. The first-order valence-corrected chi connectivity index (χ1v) is 4.73. The molecule has 0 spiro atoms. The number of nitrogens with zero attached hydrogens (tertiary/aromatic N) is 3. The minimum atomic E-state index is 0.0473. The number of hydrogen-bond donors (Lipinski definition) is 1. The van der Waals surface area contributed by atoms with Gasteiger partial charge in [-0.1, -0.05) is 17.2 Å². The van der Waals surface area contributed by atoms with Gasteiger partial charge >= 0.3 is 6.01 Å². The van der Waals surface area contributed by atoms with E-state index in [1.54, 1.807) is 0 Å². The van der Waals surface area contributed by atoms with Crippen molar-refractivity contribution >= 4 is 17.1 Å². The maximum Gasteiger partial charge on any atom is 0.312 e. The highest BCUT2D eigenvalue weighted by Crippen LogP contribution is 2.16. The first kappa shape index (κ1) is 8.90. The van der Waals surface area contributed by atoms with E-state index in [2.05, 4.69) is 15.2 Å². The van der Waals surface area contributed by atoms with E-state index in [-0.39, 0.29) is 6.01 Å². The van der Waals surface area contributed by atoms with Gasteiger partial charge in [-0.3, -0.25) is 0 Å². The van der Waals surface area contributed by atoms with Crippen molar-refractivity contribution < 1.29 is 8.83 Å². The van der Waals surface area contributed by atoms with Gasteiger partial charge < -0.3 is 14.6 Å². The van der Waals surface area contributed by atoms with Crippen molar-refractivity contribution in [3.63, 3.8) is 0 Å². The number of nitrogens with two attached hydrogens (primary N) is 1. The molecule has 0 saturated carbocycles. The fourth-order valence-corrected chi connectivity index (χ4v) is 1.46. The summed E-state index contributed by atoms with van der Waals surface area (Å²) in [5.41, 5.74) is 6.87. The van der Waals surface area contributed by atoms with Gasteiger partial charge in [-0.2, -0.15) is 0 Å². The zero-order chi connectivity index (χ0) is 11.0. The molecule has 1 aromatic carbocycles. The van der Waals surface area contributed by atoms with Crippen molar-refractivity contribution in [2.24, 2.45) is 0 Å². The fourth-order valence-electron chi connectivity index (χ4n) is 1.46. The normalized spacial score (nSPS) is 11.0. The molecule has 0 atom stereocenters. The molecule has 80 valence electrons. The summed E-state index contributed by atoms with van der Waals surface area (Å²) >= 11 is 0. The number of fused-ring (bicyclic) bond motifs is 1. The predicted molar refractivity (Wildman–Crippen MR) is 55.5 cm³/mol. The van der Waals surface area contributed by atoms with Crippen LogP contribution in [0.5, 0.6) is 0 Å². The van der Waals surface area contributed by atoms with Crippen LogP contribution in [0.2, 0.25) is 0 Å². The lowest BCUT2D eigenvalue weighted by Gasteiger charge is -1.86. The van der Waals surface area contributed by atoms with Crippen molar-refractivity contribution in [3.05, 3.63) is 36.0 Å². The van der Waals surface area contributed by atoms with Crippen molar-refractivity contribution in [3.8, 4) is 0 Å². The highest BCUT2D eigenvalue weighted by atomic mass is 16.4. The van der Waals surface area contributed by atoms with Gasteiger partial charge in [-0.05, 0) is 12.1 Å². The van der Waals surface area contributed by atoms with Gasteiger partial charge in [-0.15, -0.1) is 5.10 Å². The minimum absolute atomic E-state index is 0.0473. The molecule has 16 heavy (non-hydrogen) atoms. The monoisotopic (exact) mass is 216 g/mol. The Hall–Kier alpha value is -2.37. The van der Waals surface area contributed by atoms with E-state index in [9.17, 15) is 0 Å². The third-order valence-electron chi connectivity index (χ3n) is 2.12. The van der Waals surface area contributed by atoms with E-state index in [1.165, 1.54) is 0 Å². The topological polar surface area (TPSA) is 91.0 Å². The van der Waals surface area contributed by atoms with Gasteiger partial charge in [0.2, 0.25) is 11.8 Å². The second-order valence-electron chi connectivity index (χ2n) is 3.29. The molecule has 6 heteroatoms. The van der Waals surface area contributed by atoms with Gasteiger partial charge in [0.15, 0.2) is 5.58 Å². The Morgan fingerprint density at radius 3 is 2.69 bits per heavy atom. The molecule has 0 aliphatic rings. The Morgan fingerprint density at radius 1 is 1.06 bits per heavy atom.